The number of nitrogens with one attached hydrogen (secondary N) is 3. The van der Waals surface area contributed by atoms with Gasteiger partial charge in [0.05, 0.1) is 34.3 Å². The molecular weight excluding hydrogens is 590 g/mol. The van der Waals surface area contributed by atoms with E-state index in [9.17, 15) is 22.8 Å². The Hall–Kier alpha value is -4.36. The monoisotopic (exact) mass is 621 g/mol. The summed E-state index contributed by atoms with van der Waals surface area (Å²) in [6, 6.07) is 18.7. The van der Waals surface area contributed by atoms with Crippen molar-refractivity contribution in [3.63, 3.8) is 0 Å². The highest BCUT2D eigenvalue weighted by Gasteiger charge is 2.21. The first-order valence-corrected chi connectivity index (χ1v) is 16.2. The molecule has 1 saturated carbocycles. The number of para-hydroxylation sites is 1. The molecule has 11 nitrogen and oxygen atoms in total. The molecule has 13 heteroatoms. The highest BCUT2D eigenvalue weighted by Crippen LogP contribution is 2.24. The molecule has 0 radical (unpaired) electrons. The molecule has 0 unspecified atom stereocenters. The molecule has 3 N–H and O–H groups in total. The molecule has 1 fully saturated rings. The van der Waals surface area contributed by atoms with Crippen molar-refractivity contribution in [1.82, 2.24) is 19.6 Å². The van der Waals surface area contributed by atoms with Crippen molar-refractivity contribution < 1.29 is 22.7 Å². The van der Waals surface area contributed by atoms with Gasteiger partial charge in [0, 0.05) is 11.7 Å². The average molecular weight is 622 g/mol. The number of urea groups is 1. The van der Waals surface area contributed by atoms with Gasteiger partial charge in [0.15, 0.2) is 5.16 Å². The number of amides is 3. The van der Waals surface area contributed by atoms with Crippen molar-refractivity contribution in [2.75, 3.05) is 18.2 Å². The second-order valence-electron chi connectivity index (χ2n) is 10.0. The Morgan fingerprint density at radius 2 is 1.67 bits per heavy atom. The predicted octanol–water partition coefficient (Wildman–Crippen LogP) is 4.45. The second kappa shape index (κ2) is 13.3. The van der Waals surface area contributed by atoms with E-state index in [0.717, 1.165) is 43.9 Å². The van der Waals surface area contributed by atoms with Crippen LogP contribution in [0.25, 0.3) is 16.6 Å². The first-order chi connectivity index (χ1) is 20.7. The van der Waals surface area contributed by atoms with Crippen molar-refractivity contribution in [3.8, 4) is 11.4 Å². The third-order valence-electron chi connectivity index (χ3n) is 7.02. The van der Waals surface area contributed by atoms with Crippen LogP contribution in [0.15, 0.2) is 87.6 Å². The van der Waals surface area contributed by atoms with Crippen molar-refractivity contribution in [3.05, 3.63) is 83.2 Å². The molecule has 0 atom stereocenters. The number of fused-ring (bicyclic) bond motifs is 1. The summed E-state index contributed by atoms with van der Waals surface area (Å²) in [6.45, 7) is 0. The van der Waals surface area contributed by atoms with E-state index in [2.05, 4.69) is 20.3 Å². The number of methoxy groups -OCH3 is 1. The number of carbonyl (C=O) groups excluding carboxylic acids is 2. The van der Waals surface area contributed by atoms with Crippen LogP contribution in [0.3, 0.4) is 0 Å². The van der Waals surface area contributed by atoms with Gasteiger partial charge in [0.1, 0.15) is 5.75 Å². The summed E-state index contributed by atoms with van der Waals surface area (Å²) in [5.74, 6) is 0.190. The minimum absolute atomic E-state index is 0.0323. The Labute approximate surface area is 253 Å². The van der Waals surface area contributed by atoms with Crippen LogP contribution in [-0.4, -0.2) is 48.8 Å². The zero-order chi connectivity index (χ0) is 30.4. The highest BCUT2D eigenvalue weighted by atomic mass is 32.2. The van der Waals surface area contributed by atoms with Gasteiger partial charge in [-0.2, -0.15) is 0 Å². The van der Waals surface area contributed by atoms with E-state index >= 15 is 0 Å². The van der Waals surface area contributed by atoms with Crippen LogP contribution in [0.1, 0.15) is 32.1 Å². The van der Waals surface area contributed by atoms with Crippen LogP contribution in [0, 0.1) is 0 Å². The van der Waals surface area contributed by atoms with Crippen LogP contribution in [0.2, 0.25) is 0 Å². The lowest BCUT2D eigenvalue weighted by Gasteiger charge is -2.22. The topological polar surface area (TPSA) is 148 Å². The van der Waals surface area contributed by atoms with Crippen molar-refractivity contribution in [1.29, 1.82) is 0 Å². The Balaban J connectivity index is 1.25. The Morgan fingerprint density at radius 1 is 0.977 bits per heavy atom. The molecule has 43 heavy (non-hydrogen) atoms. The SMILES string of the molecule is COc1ccc(-n2c(SCC(=O)Nc3ccc(S(=O)(=O)NC(=O)NC4CCCCC4)cc3)nc3ccccc3c2=O)cc1. The normalized spacial score (nSPS) is 13.8. The predicted molar refractivity (Wildman–Crippen MR) is 165 cm³/mol. The maximum atomic E-state index is 13.4. The first-order valence-electron chi connectivity index (χ1n) is 13.8. The largest absolute Gasteiger partial charge is 0.497 e. The summed E-state index contributed by atoms with van der Waals surface area (Å²) in [7, 11) is -2.53. The lowest BCUT2D eigenvalue weighted by Crippen LogP contribution is -2.45. The molecule has 0 spiro atoms. The fourth-order valence-corrected chi connectivity index (χ4v) is 6.58. The standard InChI is InChI=1S/C30H31N5O6S2/c1-41-23-15-13-22(14-16-23)35-28(37)25-9-5-6-10-26(25)33-30(35)42-19-27(36)31-21-11-17-24(18-12-21)43(39,40)34-29(38)32-20-7-3-2-4-8-20/h5-6,9-18,20H,2-4,7-8,19H2,1H3,(H,31,36)(H2,32,34,38). The van der Waals surface area contributed by atoms with E-state index in [1.807, 2.05) is 0 Å². The van der Waals surface area contributed by atoms with Gasteiger partial charge in [-0.25, -0.2) is 22.9 Å². The van der Waals surface area contributed by atoms with Gasteiger partial charge < -0.3 is 15.4 Å². The molecule has 1 aliphatic rings. The third kappa shape index (κ3) is 7.35. The van der Waals surface area contributed by atoms with Gasteiger partial charge in [-0.05, 0) is 73.5 Å². The molecule has 1 heterocycles. The zero-order valence-electron chi connectivity index (χ0n) is 23.4. The fraction of sp³-hybridized carbons (Fsp3) is 0.267. The summed E-state index contributed by atoms with van der Waals surface area (Å²) in [4.78, 5) is 43.0. The number of thioether (sulfide) groups is 1. The minimum atomic E-state index is -4.09. The summed E-state index contributed by atoms with van der Waals surface area (Å²) in [6.07, 6.45) is 4.78. The number of sulfonamides is 1. The van der Waals surface area contributed by atoms with Crippen LogP contribution in [-0.2, 0) is 14.8 Å². The molecule has 0 bridgehead atoms. The Morgan fingerprint density at radius 3 is 2.37 bits per heavy atom. The number of anilines is 1. The molecular formula is C30H31N5O6S2. The number of benzene rings is 3. The summed E-state index contributed by atoms with van der Waals surface area (Å²) in [5.41, 5.74) is 1.19. The lowest BCUT2D eigenvalue weighted by atomic mass is 9.96. The number of nitrogens with zero attached hydrogens (tertiary/aromatic N) is 2. The van der Waals surface area contributed by atoms with Crippen molar-refractivity contribution >= 4 is 50.3 Å². The van der Waals surface area contributed by atoms with Crippen LogP contribution < -0.4 is 25.7 Å². The van der Waals surface area contributed by atoms with Crippen LogP contribution in [0.5, 0.6) is 5.75 Å². The van der Waals surface area contributed by atoms with Gasteiger partial charge in [-0.1, -0.05) is 43.2 Å². The average Bonchev–Trinajstić information content (AvgIpc) is 3.01. The van der Waals surface area contributed by atoms with E-state index in [1.165, 1.54) is 28.8 Å². The van der Waals surface area contributed by atoms with Crippen LogP contribution >= 0.6 is 11.8 Å². The number of rotatable bonds is 9. The van der Waals surface area contributed by atoms with Gasteiger partial charge >= 0.3 is 6.03 Å². The zero-order valence-corrected chi connectivity index (χ0v) is 25.0. The molecule has 3 amide bonds. The Bertz CT molecular complexity index is 1790. The van der Waals surface area contributed by atoms with E-state index in [1.54, 1.807) is 55.6 Å². The smallest absolute Gasteiger partial charge is 0.328 e. The van der Waals surface area contributed by atoms with Crippen molar-refractivity contribution in [2.45, 2.75) is 48.2 Å². The maximum absolute atomic E-state index is 13.4. The molecule has 0 saturated heterocycles. The molecule has 3 aromatic carbocycles. The van der Waals surface area contributed by atoms with E-state index in [0.29, 0.717) is 33.2 Å². The number of ether oxygens (including phenoxy) is 1. The molecule has 5 rings (SSSR count). The van der Waals surface area contributed by atoms with Gasteiger partial charge in [-0.15, -0.1) is 0 Å². The first kappa shape index (κ1) is 30.1. The number of aromatic nitrogens is 2. The van der Waals surface area contributed by atoms with E-state index < -0.39 is 16.1 Å². The number of hydrogen-bond donors (Lipinski definition) is 3. The summed E-state index contributed by atoms with van der Waals surface area (Å²) >= 11 is 1.09. The second-order valence-corrected chi connectivity index (χ2v) is 12.7. The van der Waals surface area contributed by atoms with E-state index in [-0.39, 0.29) is 28.2 Å². The number of hydrogen-bond acceptors (Lipinski definition) is 8. The van der Waals surface area contributed by atoms with Gasteiger partial charge in [0.25, 0.3) is 15.6 Å². The summed E-state index contributed by atoms with van der Waals surface area (Å²) in [5, 5.41) is 6.23. The minimum Gasteiger partial charge on any atom is -0.497 e. The van der Waals surface area contributed by atoms with Gasteiger partial charge in [-0.3, -0.25) is 14.2 Å². The quantitative estimate of drug-likeness (QED) is 0.183. The molecule has 1 aromatic heterocycles. The Kier molecular flexibility index (Phi) is 9.31. The molecule has 4 aromatic rings. The van der Waals surface area contributed by atoms with Crippen LogP contribution in [0.4, 0.5) is 10.5 Å². The maximum Gasteiger partial charge on any atom is 0.328 e. The summed E-state index contributed by atoms with van der Waals surface area (Å²) < 4.78 is 34.1. The molecule has 0 aliphatic heterocycles. The lowest BCUT2D eigenvalue weighted by molar-refractivity contribution is -0.113. The van der Waals surface area contributed by atoms with E-state index in [4.69, 9.17) is 4.74 Å². The molecule has 224 valence electrons. The fourth-order valence-electron chi connectivity index (χ4n) is 4.86. The molecule has 1 aliphatic carbocycles. The highest BCUT2D eigenvalue weighted by molar-refractivity contribution is 7.99. The van der Waals surface area contributed by atoms with Gasteiger partial charge in [0.2, 0.25) is 5.91 Å². The number of carbonyl (C=O) groups is 2. The third-order valence-corrected chi connectivity index (χ3v) is 9.31. The van der Waals surface area contributed by atoms with Crippen molar-refractivity contribution in [2.24, 2.45) is 0 Å².